The molecule has 122 valence electrons. The summed E-state index contributed by atoms with van der Waals surface area (Å²) < 4.78 is 0. The van der Waals surface area contributed by atoms with Gasteiger partial charge in [0.25, 0.3) is 0 Å². The zero-order valence-corrected chi connectivity index (χ0v) is 15.0. The largest absolute Gasteiger partial charge is 0.478 e. The number of nitrogens with one attached hydrogen (secondary N) is 1. The number of nitrogens with zero attached hydrogens (tertiary/aromatic N) is 1. The van der Waals surface area contributed by atoms with Gasteiger partial charge in [-0.3, -0.25) is 4.98 Å². The first-order valence-electron chi connectivity index (χ1n) is 6.63. The van der Waals surface area contributed by atoms with Crippen LogP contribution < -0.4 is 5.32 Å². The lowest BCUT2D eigenvalue weighted by molar-refractivity contribution is 0.0698. The van der Waals surface area contributed by atoms with Gasteiger partial charge in [-0.25, -0.2) is 4.79 Å². The van der Waals surface area contributed by atoms with Crippen molar-refractivity contribution in [3.63, 3.8) is 0 Å². The van der Waals surface area contributed by atoms with Crippen molar-refractivity contribution in [1.29, 1.82) is 0 Å². The number of carbonyl (C=O) groups is 1. The average molecular weight is 400 g/mol. The number of rotatable bonds is 3. The van der Waals surface area contributed by atoms with Gasteiger partial charge in [0.05, 0.1) is 27.5 Å². The molecule has 4 nitrogen and oxygen atoms in total. The molecule has 0 unspecified atom stereocenters. The Morgan fingerprint density at radius 3 is 2.58 bits per heavy atom. The number of halogens is 3. The molecule has 0 saturated heterocycles. The van der Waals surface area contributed by atoms with Gasteiger partial charge in [-0.1, -0.05) is 34.8 Å². The number of aromatic nitrogens is 1. The van der Waals surface area contributed by atoms with Crippen LogP contribution >= 0.6 is 47.4 Å². The second-order valence-corrected chi connectivity index (χ2v) is 6.68. The van der Waals surface area contributed by atoms with E-state index in [0.29, 0.717) is 42.2 Å². The summed E-state index contributed by atoms with van der Waals surface area (Å²) in [7, 11) is 0. The molecule has 1 aromatic heterocycles. The molecule has 3 aromatic rings. The van der Waals surface area contributed by atoms with Gasteiger partial charge >= 0.3 is 5.97 Å². The maximum absolute atomic E-state index is 11.4. The number of thiol groups is 1. The predicted octanol–water partition coefficient (Wildman–Crippen LogP) is 5.93. The highest BCUT2D eigenvalue weighted by atomic mass is 35.5. The third-order valence-corrected chi connectivity index (χ3v) is 4.42. The summed E-state index contributed by atoms with van der Waals surface area (Å²) in [5.74, 6) is -1.10. The van der Waals surface area contributed by atoms with Crippen LogP contribution in [0.1, 0.15) is 10.4 Å². The molecule has 0 amide bonds. The van der Waals surface area contributed by atoms with Crippen LogP contribution in [0.5, 0.6) is 0 Å². The zero-order chi connectivity index (χ0) is 17.4. The Balaban J connectivity index is 2.21. The van der Waals surface area contributed by atoms with Gasteiger partial charge in [0.1, 0.15) is 0 Å². The minimum absolute atomic E-state index is 0.0355. The van der Waals surface area contributed by atoms with Crippen LogP contribution in [0.3, 0.4) is 0 Å². The monoisotopic (exact) mass is 398 g/mol. The fourth-order valence-electron chi connectivity index (χ4n) is 2.28. The minimum Gasteiger partial charge on any atom is -0.478 e. The summed E-state index contributed by atoms with van der Waals surface area (Å²) in [6.45, 7) is 0. The second-order valence-electron chi connectivity index (χ2n) is 4.92. The fraction of sp³-hybridized carbons (Fsp3) is 0. The smallest absolute Gasteiger partial charge is 0.337 e. The molecule has 0 saturated carbocycles. The Kier molecular flexibility index (Phi) is 4.78. The van der Waals surface area contributed by atoms with Crippen LogP contribution in [0.4, 0.5) is 11.4 Å². The Bertz CT molecular complexity index is 979. The maximum Gasteiger partial charge on any atom is 0.337 e. The lowest BCUT2D eigenvalue weighted by atomic mass is 10.1. The van der Waals surface area contributed by atoms with Gasteiger partial charge in [-0.2, -0.15) is 0 Å². The second kappa shape index (κ2) is 6.69. The molecule has 0 aliphatic carbocycles. The van der Waals surface area contributed by atoms with Crippen LogP contribution in [0, 0.1) is 0 Å². The summed E-state index contributed by atoms with van der Waals surface area (Å²) >= 11 is 22.5. The Labute approximate surface area is 157 Å². The highest BCUT2D eigenvalue weighted by molar-refractivity contribution is 7.80. The van der Waals surface area contributed by atoms with Crippen molar-refractivity contribution in [2.24, 2.45) is 0 Å². The molecule has 8 heteroatoms. The Morgan fingerprint density at radius 2 is 1.88 bits per heavy atom. The van der Waals surface area contributed by atoms with Gasteiger partial charge in [0.2, 0.25) is 0 Å². The van der Waals surface area contributed by atoms with Crippen LogP contribution in [0.2, 0.25) is 15.1 Å². The molecule has 3 rings (SSSR count). The number of hydrogen-bond donors (Lipinski definition) is 3. The van der Waals surface area contributed by atoms with Crippen LogP contribution in [0.15, 0.2) is 41.4 Å². The molecule has 0 atom stereocenters. The first-order valence-corrected chi connectivity index (χ1v) is 8.21. The van der Waals surface area contributed by atoms with Crippen molar-refractivity contribution in [2.75, 3.05) is 5.32 Å². The SMILES string of the molecule is O=C(O)c1cc(Cl)ccc1Nc1c(S)cnc2c(Cl)cc(Cl)cc12. The van der Waals surface area contributed by atoms with Crippen molar-refractivity contribution >= 4 is 75.7 Å². The van der Waals surface area contributed by atoms with E-state index in [4.69, 9.17) is 34.8 Å². The Morgan fingerprint density at radius 1 is 1.12 bits per heavy atom. The topological polar surface area (TPSA) is 62.2 Å². The molecular formula is C16H9Cl3N2O2S. The molecule has 0 aliphatic heterocycles. The molecule has 24 heavy (non-hydrogen) atoms. The first kappa shape index (κ1) is 17.2. The molecule has 1 heterocycles. The van der Waals surface area contributed by atoms with Gasteiger partial charge in [0.15, 0.2) is 0 Å². The van der Waals surface area contributed by atoms with Crippen molar-refractivity contribution in [1.82, 2.24) is 4.98 Å². The first-order chi connectivity index (χ1) is 11.4. The standard InChI is InChI=1S/C16H9Cl3N2O2S/c17-7-1-2-12(9(3-7)16(22)23)21-15-10-4-8(18)5-11(19)14(10)20-6-13(15)24/h1-6,24H,(H,20,21)(H,22,23). The minimum atomic E-state index is -1.10. The van der Waals surface area contributed by atoms with Gasteiger partial charge in [0, 0.05) is 26.5 Å². The lowest BCUT2D eigenvalue weighted by Gasteiger charge is -2.15. The van der Waals surface area contributed by atoms with Gasteiger partial charge in [-0.15, -0.1) is 12.6 Å². The zero-order valence-electron chi connectivity index (χ0n) is 11.8. The van der Waals surface area contributed by atoms with E-state index in [-0.39, 0.29) is 5.56 Å². The van der Waals surface area contributed by atoms with Crippen LogP contribution in [-0.4, -0.2) is 16.1 Å². The summed E-state index contributed by atoms with van der Waals surface area (Å²) in [5.41, 5.74) is 1.49. The average Bonchev–Trinajstić information content (AvgIpc) is 2.51. The van der Waals surface area contributed by atoms with E-state index in [2.05, 4.69) is 22.9 Å². The Hall–Kier alpha value is -1.66. The molecule has 0 fully saturated rings. The number of hydrogen-bond acceptors (Lipinski definition) is 4. The summed E-state index contributed by atoms with van der Waals surface area (Å²) in [5, 5.41) is 14.2. The molecule has 0 aliphatic rings. The number of anilines is 2. The van der Waals surface area contributed by atoms with Crippen molar-refractivity contribution in [3.8, 4) is 0 Å². The highest BCUT2D eigenvalue weighted by Crippen LogP contribution is 2.37. The maximum atomic E-state index is 11.4. The third kappa shape index (κ3) is 3.26. The molecule has 2 aromatic carbocycles. The van der Waals surface area contributed by atoms with Crippen molar-refractivity contribution in [2.45, 2.75) is 4.90 Å². The number of pyridine rings is 1. The molecule has 0 spiro atoms. The number of fused-ring (bicyclic) bond motifs is 1. The van der Waals surface area contributed by atoms with E-state index < -0.39 is 5.97 Å². The quantitative estimate of drug-likeness (QED) is 0.478. The van der Waals surface area contributed by atoms with Crippen molar-refractivity contribution < 1.29 is 9.90 Å². The van der Waals surface area contributed by atoms with E-state index >= 15 is 0 Å². The number of carboxylic acids is 1. The van der Waals surface area contributed by atoms with Crippen LogP contribution in [-0.2, 0) is 0 Å². The van der Waals surface area contributed by atoms with E-state index in [1.54, 1.807) is 24.3 Å². The molecule has 0 bridgehead atoms. The third-order valence-electron chi connectivity index (χ3n) is 3.34. The van der Waals surface area contributed by atoms with E-state index in [0.717, 1.165) is 0 Å². The summed E-state index contributed by atoms with van der Waals surface area (Å²) in [6, 6.07) is 7.82. The van der Waals surface area contributed by atoms with E-state index in [9.17, 15) is 9.90 Å². The number of carboxylic acid groups (broad SMARTS) is 1. The van der Waals surface area contributed by atoms with Gasteiger partial charge < -0.3 is 10.4 Å². The summed E-state index contributed by atoms with van der Waals surface area (Å²) in [6.07, 6.45) is 1.53. The predicted molar refractivity (Wildman–Crippen MR) is 101 cm³/mol. The summed E-state index contributed by atoms with van der Waals surface area (Å²) in [4.78, 5) is 16.2. The number of benzene rings is 2. The van der Waals surface area contributed by atoms with E-state index in [1.807, 2.05) is 0 Å². The van der Waals surface area contributed by atoms with Gasteiger partial charge in [-0.05, 0) is 30.3 Å². The van der Waals surface area contributed by atoms with E-state index in [1.165, 1.54) is 12.3 Å². The normalized spacial score (nSPS) is 10.8. The molecule has 0 radical (unpaired) electrons. The lowest BCUT2D eigenvalue weighted by Crippen LogP contribution is -2.04. The number of aromatic carboxylic acids is 1. The van der Waals surface area contributed by atoms with Crippen LogP contribution in [0.25, 0.3) is 10.9 Å². The highest BCUT2D eigenvalue weighted by Gasteiger charge is 2.15. The fourth-order valence-corrected chi connectivity index (χ4v) is 3.23. The van der Waals surface area contributed by atoms with Crippen molar-refractivity contribution in [3.05, 3.63) is 57.2 Å². The molecule has 2 N–H and O–H groups in total. The molecular weight excluding hydrogens is 391 g/mol.